The lowest BCUT2D eigenvalue weighted by atomic mass is 9.92. The van der Waals surface area contributed by atoms with Gasteiger partial charge in [-0.2, -0.15) is 4.36 Å². The van der Waals surface area contributed by atoms with E-state index in [1.165, 1.54) is 12.1 Å². The van der Waals surface area contributed by atoms with Crippen molar-refractivity contribution in [3.63, 3.8) is 0 Å². The number of nitrogens with zero attached hydrogens (tertiary/aromatic N) is 2. The highest BCUT2D eigenvalue weighted by Gasteiger charge is 2.21. The number of hydrogen-bond acceptors (Lipinski definition) is 3. The molecule has 0 unspecified atom stereocenters. The van der Waals surface area contributed by atoms with E-state index in [-0.39, 0.29) is 11.7 Å². The Morgan fingerprint density at radius 3 is 2.50 bits per heavy atom. The molecule has 0 bridgehead atoms. The summed E-state index contributed by atoms with van der Waals surface area (Å²) in [6, 6.07) is 12.7. The second-order valence-corrected chi connectivity index (χ2v) is 10.8. The number of hydrogen-bond donors (Lipinski definition) is 1. The molecule has 0 amide bonds. The third-order valence-corrected chi connectivity index (χ3v) is 8.19. The van der Waals surface area contributed by atoms with Gasteiger partial charge >= 0.3 is 0 Å². The highest BCUT2D eigenvalue weighted by atomic mass is 32.2. The van der Waals surface area contributed by atoms with Gasteiger partial charge in [-0.1, -0.05) is 26.0 Å². The molecule has 3 heterocycles. The van der Waals surface area contributed by atoms with Gasteiger partial charge in [0.25, 0.3) is 0 Å². The Labute approximate surface area is 175 Å². The van der Waals surface area contributed by atoms with E-state index in [1.807, 2.05) is 24.3 Å². The number of fused-ring (bicyclic) bond motifs is 2. The maximum atomic E-state index is 13.6. The number of halogens is 1. The molecule has 2 aromatic carbocycles. The van der Waals surface area contributed by atoms with Crippen LogP contribution in [0.1, 0.15) is 38.3 Å². The van der Waals surface area contributed by atoms with Gasteiger partial charge in [-0.3, -0.25) is 4.98 Å². The highest BCUT2D eigenvalue weighted by Crippen LogP contribution is 2.41. The minimum atomic E-state index is -2.24. The molecule has 1 N–H and O–H groups in total. The SMILES string of the molecule is CC(C)c1[nH]c(N=S2(=O)CCCC2)c2cc3nccc3cc2c1-c1ccc(F)cc1. The number of aromatic nitrogens is 2. The maximum Gasteiger partial charge on any atom is 0.147 e. The first-order valence-electron chi connectivity index (χ1n) is 10.4. The van der Waals surface area contributed by atoms with Crippen LogP contribution >= 0.6 is 0 Å². The average Bonchev–Trinajstić information content (AvgIpc) is 3.35. The number of rotatable bonds is 3. The van der Waals surface area contributed by atoms with Crippen molar-refractivity contribution in [3.8, 4) is 11.1 Å². The van der Waals surface area contributed by atoms with Gasteiger partial charge in [0.2, 0.25) is 0 Å². The largest absolute Gasteiger partial charge is 0.342 e. The Morgan fingerprint density at radius 2 is 1.80 bits per heavy atom. The van der Waals surface area contributed by atoms with Crippen molar-refractivity contribution in [1.82, 2.24) is 9.97 Å². The average molecular weight is 422 g/mol. The fourth-order valence-corrected chi connectivity index (χ4v) is 6.47. The molecular weight excluding hydrogens is 397 g/mol. The van der Waals surface area contributed by atoms with Crippen LogP contribution in [0.2, 0.25) is 0 Å². The van der Waals surface area contributed by atoms with Crippen LogP contribution in [-0.4, -0.2) is 25.7 Å². The number of nitrogens with one attached hydrogen (secondary N) is 1. The fourth-order valence-electron chi connectivity index (χ4n) is 4.30. The number of pyridine rings is 1. The quantitative estimate of drug-likeness (QED) is 0.408. The van der Waals surface area contributed by atoms with Crippen LogP contribution in [0.3, 0.4) is 0 Å². The molecular formula is C24H24FN3OS. The fraction of sp³-hybridized carbons (Fsp3) is 0.292. The summed E-state index contributed by atoms with van der Waals surface area (Å²) in [6.45, 7) is 4.24. The minimum Gasteiger partial charge on any atom is -0.342 e. The molecule has 154 valence electrons. The van der Waals surface area contributed by atoms with Crippen molar-refractivity contribution in [3.05, 3.63) is 60.2 Å². The molecule has 0 radical (unpaired) electrons. The topological polar surface area (TPSA) is 58.1 Å². The van der Waals surface area contributed by atoms with Gasteiger partial charge in [0, 0.05) is 39.7 Å². The Bertz CT molecular complexity index is 1370. The summed E-state index contributed by atoms with van der Waals surface area (Å²) >= 11 is 0. The molecule has 0 saturated carbocycles. The van der Waals surface area contributed by atoms with Crippen LogP contribution < -0.4 is 0 Å². The van der Waals surface area contributed by atoms with Crippen LogP contribution in [0.5, 0.6) is 0 Å². The van der Waals surface area contributed by atoms with Crippen molar-refractivity contribution in [1.29, 1.82) is 0 Å². The summed E-state index contributed by atoms with van der Waals surface area (Å²) in [7, 11) is -2.24. The van der Waals surface area contributed by atoms with E-state index >= 15 is 0 Å². The molecule has 4 nitrogen and oxygen atoms in total. The Balaban J connectivity index is 1.91. The Kier molecular flexibility index (Phi) is 4.62. The van der Waals surface area contributed by atoms with Crippen LogP contribution in [-0.2, 0) is 9.73 Å². The summed E-state index contributed by atoms with van der Waals surface area (Å²) in [5.41, 5.74) is 3.86. The number of H-pyrrole nitrogens is 1. The van der Waals surface area contributed by atoms with Gasteiger partial charge in [0.1, 0.15) is 11.6 Å². The molecule has 1 saturated heterocycles. The molecule has 0 aliphatic carbocycles. The summed E-state index contributed by atoms with van der Waals surface area (Å²) in [6.07, 6.45) is 3.71. The zero-order valence-corrected chi connectivity index (χ0v) is 17.9. The lowest BCUT2D eigenvalue weighted by molar-refractivity contribution is 0.628. The van der Waals surface area contributed by atoms with E-state index in [0.717, 1.165) is 51.3 Å². The van der Waals surface area contributed by atoms with Crippen LogP contribution in [0, 0.1) is 5.82 Å². The smallest absolute Gasteiger partial charge is 0.147 e. The predicted octanol–water partition coefficient (Wildman–Crippen LogP) is 6.54. The molecule has 5 rings (SSSR count). The second kappa shape index (κ2) is 7.20. The van der Waals surface area contributed by atoms with Crippen molar-refractivity contribution in [2.75, 3.05) is 11.5 Å². The Morgan fingerprint density at radius 1 is 1.07 bits per heavy atom. The number of aromatic amines is 1. The minimum absolute atomic E-state index is 0.179. The zero-order valence-electron chi connectivity index (χ0n) is 17.1. The van der Waals surface area contributed by atoms with Gasteiger partial charge in [-0.05, 0) is 60.0 Å². The standard InChI is InChI=1S/C24H24FN3OS/c1-15(2)23-22(16-5-7-18(25)8-6-16)19-13-17-9-10-26-21(17)14-20(19)24(27-23)28-30(29)11-3-4-12-30/h5-10,13-15,27H,3-4,11-12H2,1-2H3. The molecule has 2 aromatic heterocycles. The first-order chi connectivity index (χ1) is 14.4. The van der Waals surface area contributed by atoms with E-state index in [9.17, 15) is 8.60 Å². The zero-order chi connectivity index (χ0) is 20.9. The number of benzene rings is 2. The van der Waals surface area contributed by atoms with Gasteiger partial charge < -0.3 is 4.98 Å². The van der Waals surface area contributed by atoms with Gasteiger partial charge in [-0.15, -0.1) is 0 Å². The van der Waals surface area contributed by atoms with E-state index < -0.39 is 9.73 Å². The molecule has 1 fully saturated rings. The van der Waals surface area contributed by atoms with Crippen molar-refractivity contribution in [2.24, 2.45) is 4.36 Å². The monoisotopic (exact) mass is 421 g/mol. The molecule has 4 aromatic rings. The van der Waals surface area contributed by atoms with Gasteiger partial charge in [-0.25, -0.2) is 8.60 Å². The third-order valence-electron chi connectivity index (χ3n) is 5.83. The summed E-state index contributed by atoms with van der Waals surface area (Å²) in [4.78, 5) is 7.96. The lowest BCUT2D eigenvalue weighted by Crippen LogP contribution is -2.03. The summed E-state index contributed by atoms with van der Waals surface area (Å²) in [5.74, 6) is 1.88. The van der Waals surface area contributed by atoms with E-state index in [2.05, 4.69) is 29.9 Å². The highest BCUT2D eigenvalue weighted by molar-refractivity contribution is 7.93. The first-order valence-corrected chi connectivity index (χ1v) is 12.2. The summed E-state index contributed by atoms with van der Waals surface area (Å²) < 4.78 is 31.6. The molecule has 6 heteroatoms. The summed E-state index contributed by atoms with van der Waals surface area (Å²) in [5, 5.41) is 2.96. The normalized spacial score (nSPS) is 16.0. The lowest BCUT2D eigenvalue weighted by Gasteiger charge is -2.19. The van der Waals surface area contributed by atoms with Gasteiger partial charge in [0.15, 0.2) is 0 Å². The van der Waals surface area contributed by atoms with Crippen molar-refractivity contribution < 1.29 is 8.60 Å². The van der Waals surface area contributed by atoms with E-state index in [1.54, 1.807) is 6.20 Å². The Hall–Kier alpha value is -2.73. The predicted molar refractivity (Wildman–Crippen MR) is 122 cm³/mol. The van der Waals surface area contributed by atoms with Crippen LogP contribution in [0.15, 0.2) is 53.0 Å². The maximum absolute atomic E-state index is 13.6. The molecule has 0 atom stereocenters. The van der Waals surface area contributed by atoms with E-state index in [0.29, 0.717) is 17.3 Å². The van der Waals surface area contributed by atoms with E-state index in [4.69, 9.17) is 4.36 Å². The molecule has 30 heavy (non-hydrogen) atoms. The third kappa shape index (κ3) is 3.29. The first kappa shape index (κ1) is 19.2. The van der Waals surface area contributed by atoms with Crippen LogP contribution in [0.4, 0.5) is 10.2 Å². The van der Waals surface area contributed by atoms with Crippen molar-refractivity contribution >= 4 is 37.2 Å². The van der Waals surface area contributed by atoms with Crippen LogP contribution in [0.25, 0.3) is 32.8 Å². The molecule has 1 aliphatic rings. The molecule has 0 spiro atoms. The molecule has 1 aliphatic heterocycles. The second-order valence-electron chi connectivity index (χ2n) is 8.30. The van der Waals surface area contributed by atoms with Crippen molar-refractivity contribution in [2.45, 2.75) is 32.6 Å². The van der Waals surface area contributed by atoms with Gasteiger partial charge in [0.05, 0.1) is 15.2 Å².